The van der Waals surface area contributed by atoms with Crippen molar-refractivity contribution < 1.29 is 18.0 Å². The maximum atomic E-state index is 14.1. The van der Waals surface area contributed by atoms with E-state index in [1.165, 1.54) is 12.1 Å². The van der Waals surface area contributed by atoms with E-state index in [2.05, 4.69) is 4.98 Å². The highest BCUT2D eigenvalue weighted by molar-refractivity contribution is 6.45. The molecule has 1 aliphatic heterocycles. The Balaban J connectivity index is 1.59. The number of carbonyl (C=O) groups excluding carboxylic acids is 1. The van der Waals surface area contributed by atoms with Crippen LogP contribution in [0.4, 0.5) is 13.2 Å². The first-order valence-electron chi connectivity index (χ1n) is 11.3. The summed E-state index contributed by atoms with van der Waals surface area (Å²) in [5, 5.41) is 4.73. The molecule has 5 rings (SSSR count). The number of rotatable bonds is 6. The Bertz CT molecular complexity index is 1520. The van der Waals surface area contributed by atoms with E-state index in [9.17, 15) is 18.0 Å². The molecule has 8 heteroatoms. The molecule has 0 radical (unpaired) electrons. The zero-order chi connectivity index (χ0) is 25.4. The SMILES string of the molecule is Cn1nc(-c2ccc(F)cc2)c(-c2ccncc2)c1C1(C)C=CC(C(=O)Cc2cc(F)ccc2F)=N1. The maximum absolute atomic E-state index is 14.1. The number of benzene rings is 2. The van der Waals surface area contributed by atoms with Crippen molar-refractivity contribution in [3.63, 3.8) is 0 Å². The smallest absolute Gasteiger partial charge is 0.185 e. The Morgan fingerprint density at radius 1 is 0.944 bits per heavy atom. The number of hydrogen-bond acceptors (Lipinski definition) is 4. The van der Waals surface area contributed by atoms with Crippen LogP contribution in [0.1, 0.15) is 18.2 Å². The lowest BCUT2D eigenvalue weighted by atomic mass is 9.90. The summed E-state index contributed by atoms with van der Waals surface area (Å²) < 4.78 is 43.0. The van der Waals surface area contributed by atoms with E-state index in [1.54, 1.807) is 48.4 Å². The summed E-state index contributed by atoms with van der Waals surface area (Å²) in [5.74, 6) is -2.04. The summed E-state index contributed by atoms with van der Waals surface area (Å²) in [6.45, 7) is 1.85. The van der Waals surface area contributed by atoms with Gasteiger partial charge in [0.1, 0.15) is 34.4 Å². The molecule has 180 valence electrons. The number of Topliss-reactive ketones (excluding diaryl/α,β-unsaturated/α-hetero) is 1. The largest absolute Gasteiger partial charge is 0.292 e. The van der Waals surface area contributed by atoms with Crippen molar-refractivity contribution in [2.45, 2.75) is 18.9 Å². The molecular formula is C28H21F3N4O. The van der Waals surface area contributed by atoms with Gasteiger partial charge < -0.3 is 0 Å². The predicted octanol–water partition coefficient (Wildman–Crippen LogP) is 5.60. The molecule has 0 fully saturated rings. The molecule has 2 aromatic carbocycles. The molecule has 0 aliphatic carbocycles. The minimum atomic E-state index is -0.968. The molecule has 0 saturated carbocycles. The zero-order valence-electron chi connectivity index (χ0n) is 19.5. The number of hydrogen-bond donors (Lipinski definition) is 0. The van der Waals surface area contributed by atoms with Gasteiger partial charge in [0.2, 0.25) is 0 Å². The van der Waals surface area contributed by atoms with Gasteiger partial charge in [-0.15, -0.1) is 0 Å². The van der Waals surface area contributed by atoms with Gasteiger partial charge in [-0.2, -0.15) is 5.10 Å². The molecule has 5 nitrogen and oxygen atoms in total. The second-order valence-electron chi connectivity index (χ2n) is 8.75. The number of halogens is 3. The number of aliphatic imine (C=N–C) groups is 1. The Morgan fingerprint density at radius 2 is 1.64 bits per heavy atom. The van der Waals surface area contributed by atoms with Crippen LogP contribution < -0.4 is 0 Å². The van der Waals surface area contributed by atoms with Gasteiger partial charge in [0.05, 0.1) is 5.69 Å². The van der Waals surface area contributed by atoms with Crippen LogP contribution in [0.25, 0.3) is 22.4 Å². The van der Waals surface area contributed by atoms with Crippen molar-refractivity contribution in [1.82, 2.24) is 14.8 Å². The summed E-state index contributed by atoms with van der Waals surface area (Å²) in [6, 6.07) is 12.8. The molecule has 0 N–H and O–H groups in total. The van der Waals surface area contributed by atoms with E-state index in [4.69, 9.17) is 10.1 Å². The average Bonchev–Trinajstić information content (AvgIpc) is 3.43. The first-order chi connectivity index (χ1) is 17.2. The van der Waals surface area contributed by atoms with E-state index < -0.39 is 23.0 Å². The van der Waals surface area contributed by atoms with Crippen molar-refractivity contribution in [1.29, 1.82) is 0 Å². The summed E-state index contributed by atoms with van der Waals surface area (Å²) in [7, 11) is 1.78. The molecule has 3 heterocycles. The van der Waals surface area contributed by atoms with Gasteiger partial charge in [-0.3, -0.25) is 19.5 Å². The fourth-order valence-electron chi connectivity index (χ4n) is 4.50. The lowest BCUT2D eigenvalue weighted by Crippen LogP contribution is -2.21. The van der Waals surface area contributed by atoms with Gasteiger partial charge in [-0.1, -0.05) is 0 Å². The number of nitrogens with zero attached hydrogens (tertiary/aromatic N) is 4. The lowest BCUT2D eigenvalue weighted by Gasteiger charge is -2.21. The number of ketones is 1. The molecule has 0 amide bonds. The summed E-state index contributed by atoms with van der Waals surface area (Å²) >= 11 is 0. The molecular weight excluding hydrogens is 465 g/mol. The number of pyridine rings is 1. The van der Waals surface area contributed by atoms with E-state index >= 15 is 0 Å². The van der Waals surface area contributed by atoms with Crippen LogP contribution in [0.3, 0.4) is 0 Å². The second-order valence-corrected chi connectivity index (χ2v) is 8.75. The van der Waals surface area contributed by atoms with Gasteiger partial charge in [-0.05, 0) is 84.8 Å². The molecule has 4 aromatic rings. The van der Waals surface area contributed by atoms with E-state index in [1.807, 2.05) is 19.1 Å². The Morgan fingerprint density at radius 3 is 2.36 bits per heavy atom. The van der Waals surface area contributed by atoms with E-state index in [0.717, 1.165) is 34.9 Å². The first-order valence-corrected chi connectivity index (χ1v) is 11.3. The Hall–Kier alpha value is -4.33. The van der Waals surface area contributed by atoms with Crippen LogP contribution in [0.2, 0.25) is 0 Å². The summed E-state index contributed by atoms with van der Waals surface area (Å²) in [4.78, 5) is 21.8. The molecule has 1 atom stereocenters. The van der Waals surface area contributed by atoms with Crippen molar-refractivity contribution in [2.24, 2.45) is 12.0 Å². The van der Waals surface area contributed by atoms with E-state index in [0.29, 0.717) is 11.4 Å². The normalized spacial score (nSPS) is 16.9. The summed E-state index contributed by atoms with van der Waals surface area (Å²) in [6.07, 6.45) is 6.41. The van der Waals surface area contributed by atoms with Crippen molar-refractivity contribution in [3.05, 3.63) is 108 Å². The molecule has 0 bridgehead atoms. The Kier molecular flexibility index (Phi) is 5.88. The van der Waals surface area contributed by atoms with Gasteiger partial charge >= 0.3 is 0 Å². The maximum Gasteiger partial charge on any atom is 0.185 e. The molecule has 2 aromatic heterocycles. The van der Waals surface area contributed by atoms with Crippen LogP contribution in [0.15, 0.2) is 84.1 Å². The fourth-order valence-corrected chi connectivity index (χ4v) is 4.50. The highest BCUT2D eigenvalue weighted by atomic mass is 19.1. The van der Waals surface area contributed by atoms with Crippen LogP contribution in [-0.2, 0) is 23.8 Å². The minimum absolute atomic E-state index is 0.0266. The van der Waals surface area contributed by atoms with Gasteiger partial charge in [-0.25, -0.2) is 13.2 Å². The highest BCUT2D eigenvalue weighted by Gasteiger charge is 2.36. The van der Waals surface area contributed by atoms with Gasteiger partial charge in [0.15, 0.2) is 5.78 Å². The number of carbonyl (C=O) groups is 1. The second kappa shape index (κ2) is 9.03. The van der Waals surface area contributed by atoms with Gasteiger partial charge in [0, 0.05) is 37.0 Å². The van der Waals surface area contributed by atoms with Crippen LogP contribution >= 0.6 is 0 Å². The monoisotopic (exact) mass is 486 g/mol. The van der Waals surface area contributed by atoms with Crippen LogP contribution in [-0.4, -0.2) is 26.3 Å². The molecule has 1 aliphatic rings. The van der Waals surface area contributed by atoms with Crippen molar-refractivity contribution in [3.8, 4) is 22.4 Å². The molecule has 1 unspecified atom stereocenters. The van der Waals surface area contributed by atoms with Gasteiger partial charge in [0.25, 0.3) is 0 Å². The number of aromatic nitrogens is 3. The van der Waals surface area contributed by atoms with Crippen molar-refractivity contribution in [2.75, 3.05) is 0 Å². The third kappa shape index (κ3) is 4.26. The minimum Gasteiger partial charge on any atom is -0.292 e. The zero-order valence-corrected chi connectivity index (χ0v) is 19.5. The highest BCUT2D eigenvalue weighted by Crippen LogP contribution is 2.42. The lowest BCUT2D eigenvalue weighted by molar-refractivity contribution is -0.112. The van der Waals surface area contributed by atoms with Crippen LogP contribution in [0, 0.1) is 17.5 Å². The number of allylic oxidation sites excluding steroid dienone is 1. The first kappa shape index (κ1) is 23.4. The topological polar surface area (TPSA) is 60.1 Å². The molecule has 36 heavy (non-hydrogen) atoms. The Labute approximate surface area is 205 Å². The quantitative estimate of drug-likeness (QED) is 0.356. The van der Waals surface area contributed by atoms with E-state index in [-0.39, 0.29) is 23.5 Å². The summed E-state index contributed by atoms with van der Waals surface area (Å²) in [5.41, 5.74) is 2.83. The average molecular weight is 486 g/mol. The van der Waals surface area contributed by atoms with Crippen molar-refractivity contribution >= 4 is 11.5 Å². The van der Waals surface area contributed by atoms with Crippen LogP contribution in [0.5, 0.6) is 0 Å². The third-order valence-electron chi connectivity index (χ3n) is 6.18. The molecule has 0 saturated heterocycles. The third-order valence-corrected chi connectivity index (χ3v) is 6.18. The molecule has 0 spiro atoms. The standard InChI is InChI=1S/C28H21F3N4O/c1-28(12-9-23(33-28)24(36)16-19-15-21(30)7-8-22(19)31)27-25(17-10-13-32-14-11-17)26(34-35(27)2)18-3-5-20(29)6-4-18/h3-15H,16H2,1-2H3. The fraction of sp³-hybridized carbons (Fsp3) is 0.143. The predicted molar refractivity (Wildman–Crippen MR) is 131 cm³/mol. The number of aryl methyl sites for hydroxylation is 1.